The van der Waals surface area contributed by atoms with Crippen LogP contribution in [0.15, 0.2) is 30.6 Å². The number of aryl methyl sites for hydroxylation is 1. The molecule has 0 bridgehead atoms. The van der Waals surface area contributed by atoms with Crippen molar-refractivity contribution in [2.75, 3.05) is 11.9 Å². The quantitative estimate of drug-likeness (QED) is 0.909. The summed E-state index contributed by atoms with van der Waals surface area (Å²) in [6.45, 7) is 3.84. The van der Waals surface area contributed by atoms with E-state index in [2.05, 4.69) is 10.4 Å². The van der Waals surface area contributed by atoms with Crippen molar-refractivity contribution >= 4 is 24.0 Å². The largest absolute Gasteiger partial charge is 0.330 e. The van der Waals surface area contributed by atoms with Gasteiger partial charge in [0.05, 0.1) is 6.20 Å². The summed E-state index contributed by atoms with van der Waals surface area (Å²) in [5.41, 5.74) is 7.09. The highest BCUT2D eigenvalue weighted by atomic mass is 35.5. The Morgan fingerprint density at radius 3 is 2.76 bits per heavy atom. The van der Waals surface area contributed by atoms with Gasteiger partial charge in [-0.2, -0.15) is 5.10 Å². The molecule has 21 heavy (non-hydrogen) atoms. The Morgan fingerprint density at radius 2 is 2.24 bits per heavy atom. The summed E-state index contributed by atoms with van der Waals surface area (Å²) in [6, 6.07) is 4.48. The molecule has 0 radical (unpaired) electrons. The molecule has 7 heteroatoms. The predicted molar refractivity (Wildman–Crippen MR) is 82.4 cm³/mol. The summed E-state index contributed by atoms with van der Waals surface area (Å²) in [4.78, 5) is 11.7. The number of benzene rings is 1. The number of halogens is 2. The maximum atomic E-state index is 14.0. The van der Waals surface area contributed by atoms with E-state index < -0.39 is 5.82 Å². The summed E-state index contributed by atoms with van der Waals surface area (Å²) >= 11 is 0. The third-order valence-corrected chi connectivity index (χ3v) is 2.97. The van der Waals surface area contributed by atoms with Crippen molar-refractivity contribution in [2.24, 2.45) is 11.7 Å². The average Bonchev–Trinajstić information content (AvgIpc) is 2.84. The van der Waals surface area contributed by atoms with Crippen LogP contribution in [-0.2, 0) is 4.79 Å². The Labute approximate surface area is 128 Å². The van der Waals surface area contributed by atoms with Gasteiger partial charge in [-0.25, -0.2) is 9.07 Å². The SMILES string of the molecule is Cc1cnn(-c2ccc(NC(=O)C(C)CN)cc2F)c1.Cl. The molecular weight excluding hydrogens is 295 g/mol. The molecule has 2 rings (SSSR count). The number of anilines is 1. The van der Waals surface area contributed by atoms with Crippen LogP contribution in [-0.4, -0.2) is 22.2 Å². The molecule has 0 aliphatic heterocycles. The topological polar surface area (TPSA) is 72.9 Å². The molecule has 1 heterocycles. The van der Waals surface area contributed by atoms with Gasteiger partial charge < -0.3 is 11.1 Å². The van der Waals surface area contributed by atoms with Gasteiger partial charge in [0.25, 0.3) is 0 Å². The van der Waals surface area contributed by atoms with E-state index in [9.17, 15) is 9.18 Å². The minimum Gasteiger partial charge on any atom is -0.330 e. The van der Waals surface area contributed by atoms with Crippen molar-refractivity contribution in [3.05, 3.63) is 42.0 Å². The Hall–Kier alpha value is -1.92. The molecule has 0 spiro atoms. The molecular formula is C14H18ClFN4O. The standard InChI is InChI=1S/C14H17FN4O.ClH/c1-9-7-17-19(8-9)13-4-3-11(5-12(13)15)18-14(20)10(2)6-16;/h3-5,7-8,10H,6,16H2,1-2H3,(H,18,20);1H. The highest BCUT2D eigenvalue weighted by Crippen LogP contribution is 2.18. The monoisotopic (exact) mass is 312 g/mol. The Bertz CT molecular complexity index is 629. The number of hydrogen-bond acceptors (Lipinski definition) is 3. The number of aromatic nitrogens is 2. The summed E-state index contributed by atoms with van der Waals surface area (Å²) in [5.74, 6) is -0.993. The van der Waals surface area contributed by atoms with Crippen LogP contribution in [0.25, 0.3) is 5.69 Å². The third kappa shape index (κ3) is 4.03. The first-order valence-corrected chi connectivity index (χ1v) is 6.33. The van der Waals surface area contributed by atoms with E-state index in [1.807, 2.05) is 6.92 Å². The smallest absolute Gasteiger partial charge is 0.228 e. The van der Waals surface area contributed by atoms with Crippen molar-refractivity contribution in [3.8, 4) is 5.69 Å². The molecule has 0 aliphatic rings. The van der Waals surface area contributed by atoms with Gasteiger partial charge in [-0.3, -0.25) is 4.79 Å². The van der Waals surface area contributed by atoms with Gasteiger partial charge in [-0.15, -0.1) is 12.4 Å². The van der Waals surface area contributed by atoms with Crippen LogP contribution in [0.5, 0.6) is 0 Å². The maximum absolute atomic E-state index is 14.0. The fourth-order valence-electron chi connectivity index (χ4n) is 1.69. The molecule has 0 aliphatic carbocycles. The lowest BCUT2D eigenvalue weighted by atomic mass is 10.1. The van der Waals surface area contributed by atoms with E-state index in [4.69, 9.17) is 5.73 Å². The first-order valence-electron chi connectivity index (χ1n) is 6.33. The molecule has 1 atom stereocenters. The number of carbonyl (C=O) groups is 1. The molecule has 114 valence electrons. The van der Waals surface area contributed by atoms with Crippen LogP contribution in [0.1, 0.15) is 12.5 Å². The van der Waals surface area contributed by atoms with Crippen LogP contribution in [0.4, 0.5) is 10.1 Å². The second kappa shape index (κ2) is 7.19. The summed E-state index contributed by atoms with van der Waals surface area (Å²) in [6.07, 6.45) is 3.38. The first-order chi connectivity index (χ1) is 9.51. The minimum atomic E-state index is -0.452. The Morgan fingerprint density at radius 1 is 1.52 bits per heavy atom. The van der Waals surface area contributed by atoms with E-state index >= 15 is 0 Å². The second-order valence-electron chi connectivity index (χ2n) is 4.75. The van der Waals surface area contributed by atoms with Crippen LogP contribution < -0.4 is 11.1 Å². The molecule has 1 unspecified atom stereocenters. The highest BCUT2D eigenvalue weighted by Gasteiger charge is 2.12. The summed E-state index contributed by atoms with van der Waals surface area (Å²) in [7, 11) is 0. The van der Waals surface area contributed by atoms with E-state index in [1.54, 1.807) is 31.5 Å². The number of hydrogen-bond donors (Lipinski definition) is 2. The molecule has 1 amide bonds. The van der Waals surface area contributed by atoms with Crippen molar-refractivity contribution in [1.29, 1.82) is 0 Å². The average molecular weight is 313 g/mol. The molecule has 0 saturated heterocycles. The normalized spacial score (nSPS) is 11.6. The lowest BCUT2D eigenvalue weighted by molar-refractivity contribution is -0.119. The molecule has 5 nitrogen and oxygen atoms in total. The highest BCUT2D eigenvalue weighted by molar-refractivity contribution is 5.92. The lowest BCUT2D eigenvalue weighted by Crippen LogP contribution is -2.26. The first kappa shape index (κ1) is 17.1. The van der Waals surface area contributed by atoms with E-state index in [-0.39, 0.29) is 30.8 Å². The molecule has 1 aromatic carbocycles. The van der Waals surface area contributed by atoms with Gasteiger partial charge in [0.15, 0.2) is 5.82 Å². The van der Waals surface area contributed by atoms with Crippen molar-refractivity contribution < 1.29 is 9.18 Å². The maximum Gasteiger partial charge on any atom is 0.228 e. The van der Waals surface area contributed by atoms with E-state index in [1.165, 1.54) is 10.7 Å². The fourth-order valence-corrected chi connectivity index (χ4v) is 1.69. The van der Waals surface area contributed by atoms with Gasteiger partial charge in [0, 0.05) is 24.3 Å². The van der Waals surface area contributed by atoms with Crippen LogP contribution in [0.2, 0.25) is 0 Å². The number of carbonyl (C=O) groups excluding carboxylic acids is 1. The van der Waals surface area contributed by atoms with Gasteiger partial charge in [0.2, 0.25) is 5.91 Å². The molecule has 3 N–H and O–H groups in total. The molecule has 0 saturated carbocycles. The molecule has 0 fully saturated rings. The number of rotatable bonds is 4. The van der Waals surface area contributed by atoms with Gasteiger partial charge in [-0.1, -0.05) is 6.92 Å². The van der Waals surface area contributed by atoms with E-state index in [0.29, 0.717) is 11.4 Å². The Balaban J connectivity index is 0.00000220. The zero-order valence-corrected chi connectivity index (χ0v) is 12.7. The van der Waals surface area contributed by atoms with E-state index in [0.717, 1.165) is 5.56 Å². The summed E-state index contributed by atoms with van der Waals surface area (Å²) in [5, 5.41) is 6.68. The van der Waals surface area contributed by atoms with Crippen LogP contribution in [0.3, 0.4) is 0 Å². The zero-order valence-electron chi connectivity index (χ0n) is 11.8. The predicted octanol–water partition coefficient (Wildman–Crippen LogP) is 2.27. The fraction of sp³-hybridized carbons (Fsp3) is 0.286. The minimum absolute atomic E-state index is 0. The number of nitrogens with two attached hydrogens (primary N) is 1. The number of nitrogens with one attached hydrogen (secondary N) is 1. The lowest BCUT2D eigenvalue weighted by Gasteiger charge is -2.11. The van der Waals surface area contributed by atoms with Gasteiger partial charge in [-0.05, 0) is 30.7 Å². The van der Waals surface area contributed by atoms with Gasteiger partial charge >= 0.3 is 0 Å². The second-order valence-corrected chi connectivity index (χ2v) is 4.75. The Kier molecular flexibility index (Phi) is 5.87. The van der Waals surface area contributed by atoms with Crippen LogP contribution in [0, 0.1) is 18.7 Å². The van der Waals surface area contributed by atoms with Crippen LogP contribution >= 0.6 is 12.4 Å². The van der Waals surface area contributed by atoms with Crippen molar-refractivity contribution in [3.63, 3.8) is 0 Å². The van der Waals surface area contributed by atoms with Crippen molar-refractivity contribution in [1.82, 2.24) is 9.78 Å². The molecule has 1 aromatic heterocycles. The summed E-state index contributed by atoms with van der Waals surface area (Å²) < 4.78 is 15.5. The number of nitrogens with zero attached hydrogens (tertiary/aromatic N) is 2. The number of amides is 1. The van der Waals surface area contributed by atoms with Crippen molar-refractivity contribution in [2.45, 2.75) is 13.8 Å². The zero-order chi connectivity index (χ0) is 14.7. The van der Waals surface area contributed by atoms with Gasteiger partial charge in [0.1, 0.15) is 5.69 Å². The third-order valence-electron chi connectivity index (χ3n) is 2.97. The molecule has 2 aromatic rings.